The minimum Gasteiger partial charge on any atom is -0.336 e. The maximum atomic E-state index is 13.8. The largest absolute Gasteiger partial charge is 0.336 e. The summed E-state index contributed by atoms with van der Waals surface area (Å²) >= 11 is 5.09. The van der Waals surface area contributed by atoms with Crippen LogP contribution in [0.2, 0.25) is 0 Å². The Morgan fingerprint density at radius 3 is 2.59 bits per heavy atom. The van der Waals surface area contributed by atoms with Gasteiger partial charge in [-0.2, -0.15) is 0 Å². The zero-order chi connectivity index (χ0) is 23.0. The molecule has 2 heterocycles. The second-order valence-electron chi connectivity index (χ2n) is 10.3. The number of hydrogen-bond acceptors (Lipinski definition) is 3. The summed E-state index contributed by atoms with van der Waals surface area (Å²) < 4.78 is 0.754. The molecule has 1 aliphatic carbocycles. The van der Waals surface area contributed by atoms with Gasteiger partial charge in [-0.1, -0.05) is 32.9 Å². The molecule has 4 rings (SSSR count). The van der Waals surface area contributed by atoms with Gasteiger partial charge in [0.15, 0.2) is 0 Å². The van der Waals surface area contributed by atoms with E-state index in [1.807, 2.05) is 23.1 Å². The molecule has 2 amide bonds. The number of benzene rings is 1. The zero-order valence-corrected chi connectivity index (χ0v) is 21.9. The Kier molecular flexibility index (Phi) is 6.83. The Morgan fingerprint density at radius 2 is 1.91 bits per heavy atom. The molecule has 2 aromatic rings. The lowest BCUT2D eigenvalue weighted by molar-refractivity contribution is 0.0635. The third kappa shape index (κ3) is 4.67. The summed E-state index contributed by atoms with van der Waals surface area (Å²) in [6, 6.07) is 7.66. The van der Waals surface area contributed by atoms with E-state index in [-0.39, 0.29) is 23.3 Å². The van der Waals surface area contributed by atoms with Crippen molar-refractivity contribution in [2.45, 2.75) is 72.3 Å². The van der Waals surface area contributed by atoms with Gasteiger partial charge in [0.05, 0.1) is 11.1 Å². The van der Waals surface area contributed by atoms with Crippen molar-refractivity contribution in [3.05, 3.63) is 50.3 Å². The Bertz CT molecular complexity index is 1020. The highest BCUT2D eigenvalue weighted by Gasteiger charge is 2.36. The Hall–Kier alpha value is -1.66. The van der Waals surface area contributed by atoms with Crippen LogP contribution in [-0.2, 0) is 12.8 Å². The van der Waals surface area contributed by atoms with Crippen molar-refractivity contribution in [3.63, 3.8) is 0 Å². The molecule has 0 radical (unpaired) electrons. The zero-order valence-electron chi connectivity index (χ0n) is 19.5. The standard InChI is InChI=1S/C26H33BrN2O2S/c1-16-9-7-8-14-29(16)25(31)22-19-13-12-17(26(2,3)4)15-21(19)32-24(22)28-23(30)18-10-5-6-11-20(18)27/h5-6,10-11,16-17H,7-9,12-15H2,1-4H3,(H,28,30). The number of rotatable bonds is 3. The molecule has 1 aliphatic heterocycles. The highest BCUT2D eigenvalue weighted by molar-refractivity contribution is 9.10. The summed E-state index contributed by atoms with van der Waals surface area (Å²) in [7, 11) is 0. The minimum absolute atomic E-state index is 0.0892. The number of amides is 2. The molecule has 32 heavy (non-hydrogen) atoms. The van der Waals surface area contributed by atoms with Gasteiger partial charge in [-0.3, -0.25) is 9.59 Å². The van der Waals surface area contributed by atoms with Crippen LogP contribution in [0.15, 0.2) is 28.7 Å². The van der Waals surface area contributed by atoms with Crippen LogP contribution in [0.25, 0.3) is 0 Å². The van der Waals surface area contributed by atoms with E-state index in [4.69, 9.17) is 0 Å². The maximum absolute atomic E-state index is 13.8. The molecular weight excluding hydrogens is 484 g/mol. The molecule has 1 fully saturated rings. The van der Waals surface area contributed by atoms with Crippen LogP contribution in [0.3, 0.4) is 0 Å². The summed E-state index contributed by atoms with van der Waals surface area (Å²) in [5.74, 6) is 0.493. The van der Waals surface area contributed by atoms with Crippen LogP contribution in [0.1, 0.15) is 84.5 Å². The summed E-state index contributed by atoms with van der Waals surface area (Å²) in [6.07, 6.45) is 6.23. The summed E-state index contributed by atoms with van der Waals surface area (Å²) in [5.41, 5.74) is 2.72. The van der Waals surface area contributed by atoms with Crippen LogP contribution in [0, 0.1) is 11.3 Å². The molecule has 4 nitrogen and oxygen atoms in total. The van der Waals surface area contributed by atoms with Crippen LogP contribution < -0.4 is 5.32 Å². The summed E-state index contributed by atoms with van der Waals surface area (Å²) in [4.78, 5) is 30.2. The van der Waals surface area contributed by atoms with Gasteiger partial charge in [0, 0.05) is 21.9 Å². The van der Waals surface area contributed by atoms with Crippen molar-refractivity contribution in [1.82, 2.24) is 4.90 Å². The molecule has 2 unspecified atom stereocenters. The molecule has 1 saturated heterocycles. The molecule has 1 aromatic carbocycles. The average Bonchev–Trinajstić information content (AvgIpc) is 3.10. The topological polar surface area (TPSA) is 49.4 Å². The van der Waals surface area contributed by atoms with Crippen molar-refractivity contribution in [3.8, 4) is 0 Å². The number of nitrogens with one attached hydrogen (secondary N) is 1. The molecule has 0 spiro atoms. The number of carbonyl (C=O) groups is 2. The molecule has 0 bridgehead atoms. The van der Waals surface area contributed by atoms with Crippen molar-refractivity contribution >= 4 is 44.1 Å². The Labute approximate surface area is 203 Å². The average molecular weight is 518 g/mol. The number of hydrogen-bond donors (Lipinski definition) is 1. The second-order valence-corrected chi connectivity index (χ2v) is 12.3. The first-order chi connectivity index (χ1) is 15.2. The van der Waals surface area contributed by atoms with E-state index in [1.165, 1.54) is 16.9 Å². The number of nitrogens with zero attached hydrogens (tertiary/aromatic N) is 1. The fraction of sp³-hybridized carbons (Fsp3) is 0.538. The highest BCUT2D eigenvalue weighted by atomic mass is 79.9. The predicted molar refractivity (Wildman–Crippen MR) is 136 cm³/mol. The first kappa shape index (κ1) is 23.5. The minimum atomic E-state index is -0.177. The van der Waals surface area contributed by atoms with E-state index >= 15 is 0 Å². The first-order valence-corrected chi connectivity index (χ1v) is 13.3. The molecule has 172 valence electrons. The Morgan fingerprint density at radius 1 is 1.16 bits per heavy atom. The predicted octanol–water partition coefficient (Wildman–Crippen LogP) is 6.93. The van der Waals surface area contributed by atoms with Gasteiger partial charge >= 0.3 is 0 Å². The maximum Gasteiger partial charge on any atom is 0.257 e. The van der Waals surface area contributed by atoms with Gasteiger partial charge < -0.3 is 10.2 Å². The van der Waals surface area contributed by atoms with Gasteiger partial charge in [-0.25, -0.2) is 0 Å². The number of fused-ring (bicyclic) bond motifs is 1. The van der Waals surface area contributed by atoms with Crippen molar-refractivity contribution in [2.75, 3.05) is 11.9 Å². The molecule has 2 atom stereocenters. The van der Waals surface area contributed by atoms with E-state index in [0.717, 1.165) is 48.7 Å². The van der Waals surface area contributed by atoms with Gasteiger partial charge in [-0.15, -0.1) is 11.3 Å². The van der Waals surface area contributed by atoms with Gasteiger partial charge in [-0.05, 0) is 90.4 Å². The van der Waals surface area contributed by atoms with E-state index in [9.17, 15) is 9.59 Å². The molecular formula is C26H33BrN2O2S. The van der Waals surface area contributed by atoms with E-state index in [0.29, 0.717) is 16.5 Å². The Balaban J connectivity index is 1.71. The van der Waals surface area contributed by atoms with Crippen molar-refractivity contribution in [2.24, 2.45) is 11.3 Å². The van der Waals surface area contributed by atoms with E-state index in [2.05, 4.69) is 48.9 Å². The summed E-state index contributed by atoms with van der Waals surface area (Å²) in [5, 5.41) is 3.83. The van der Waals surface area contributed by atoms with Crippen LogP contribution >= 0.6 is 27.3 Å². The normalized spacial score (nSPS) is 21.2. The van der Waals surface area contributed by atoms with Crippen molar-refractivity contribution in [1.29, 1.82) is 0 Å². The van der Waals surface area contributed by atoms with Crippen LogP contribution in [0.4, 0.5) is 5.00 Å². The number of halogens is 1. The number of thiophene rings is 1. The van der Waals surface area contributed by atoms with Crippen LogP contribution in [0.5, 0.6) is 0 Å². The number of anilines is 1. The lowest BCUT2D eigenvalue weighted by atomic mass is 9.72. The quantitative estimate of drug-likeness (QED) is 0.480. The first-order valence-electron chi connectivity index (χ1n) is 11.7. The fourth-order valence-corrected chi connectivity index (χ4v) is 6.78. The molecule has 1 aromatic heterocycles. The monoisotopic (exact) mass is 516 g/mol. The highest BCUT2D eigenvalue weighted by Crippen LogP contribution is 2.45. The lowest BCUT2D eigenvalue weighted by Gasteiger charge is -2.35. The number of carbonyl (C=O) groups excluding carboxylic acids is 2. The van der Waals surface area contributed by atoms with E-state index in [1.54, 1.807) is 17.4 Å². The number of piperidine rings is 1. The van der Waals surface area contributed by atoms with Crippen LogP contribution in [-0.4, -0.2) is 29.3 Å². The second kappa shape index (κ2) is 9.30. The molecule has 1 N–H and O–H groups in total. The molecule has 0 saturated carbocycles. The molecule has 2 aliphatic rings. The lowest BCUT2D eigenvalue weighted by Crippen LogP contribution is -2.42. The molecule has 6 heteroatoms. The smallest absolute Gasteiger partial charge is 0.257 e. The van der Waals surface area contributed by atoms with E-state index < -0.39 is 0 Å². The third-order valence-corrected chi connectivity index (χ3v) is 8.97. The van der Waals surface area contributed by atoms with Gasteiger partial charge in [0.2, 0.25) is 0 Å². The van der Waals surface area contributed by atoms with Crippen molar-refractivity contribution < 1.29 is 9.59 Å². The third-order valence-electron chi connectivity index (χ3n) is 7.11. The fourth-order valence-electron chi connectivity index (χ4n) is 5.00. The summed E-state index contributed by atoms with van der Waals surface area (Å²) in [6.45, 7) is 9.84. The van der Waals surface area contributed by atoms with Gasteiger partial charge in [0.1, 0.15) is 5.00 Å². The SMILES string of the molecule is CC1CCCCN1C(=O)c1c(NC(=O)c2ccccc2Br)sc2c1CCC(C(C)(C)C)C2. The number of likely N-dealkylation sites (tertiary alicyclic amines) is 1. The van der Waals surface area contributed by atoms with Gasteiger partial charge in [0.25, 0.3) is 11.8 Å².